The number of fused-ring (bicyclic) bond motifs is 2. The van der Waals surface area contributed by atoms with Crippen LogP contribution in [0.1, 0.15) is 40.5 Å². The summed E-state index contributed by atoms with van der Waals surface area (Å²) in [6.45, 7) is 2.07. The lowest BCUT2D eigenvalue weighted by Crippen LogP contribution is -2.17. The molecule has 0 saturated heterocycles. The highest BCUT2D eigenvalue weighted by molar-refractivity contribution is 6.06. The van der Waals surface area contributed by atoms with Gasteiger partial charge in [-0.3, -0.25) is 10.1 Å². The third kappa shape index (κ3) is 3.39. The molecule has 0 aliphatic heterocycles. The number of nitro groups is 1. The molecule has 0 spiro atoms. The highest BCUT2D eigenvalue weighted by Gasteiger charge is 2.28. The molecule has 0 radical (unpaired) electrons. The van der Waals surface area contributed by atoms with Crippen molar-refractivity contribution >= 4 is 39.9 Å². The minimum Gasteiger partial charge on any atom is -0.478 e. The van der Waals surface area contributed by atoms with Crippen molar-refractivity contribution in [3.63, 3.8) is 0 Å². The van der Waals surface area contributed by atoms with Gasteiger partial charge in [0.25, 0.3) is 5.69 Å². The minimum absolute atomic E-state index is 0.00590. The fourth-order valence-electron chi connectivity index (χ4n) is 4.18. The average molecular weight is 403 g/mol. The van der Waals surface area contributed by atoms with E-state index in [0.717, 1.165) is 17.6 Å². The summed E-state index contributed by atoms with van der Waals surface area (Å²) in [6.07, 6.45) is 3.23. The number of para-hydroxylation sites is 1. The lowest BCUT2D eigenvalue weighted by Gasteiger charge is -2.26. The number of carbonyl (C=O) groups is 1. The maximum atomic E-state index is 12.1. The van der Waals surface area contributed by atoms with Crippen LogP contribution in [-0.4, -0.2) is 28.0 Å². The number of benzene rings is 2. The van der Waals surface area contributed by atoms with E-state index in [4.69, 9.17) is 4.98 Å². The van der Waals surface area contributed by atoms with Crippen LogP contribution in [0.2, 0.25) is 0 Å². The van der Waals surface area contributed by atoms with Gasteiger partial charge in [-0.2, -0.15) is 0 Å². The fourth-order valence-corrected chi connectivity index (χ4v) is 4.18. The van der Waals surface area contributed by atoms with Gasteiger partial charge >= 0.3 is 5.97 Å². The van der Waals surface area contributed by atoms with Gasteiger partial charge in [-0.15, -0.1) is 0 Å². The van der Waals surface area contributed by atoms with Crippen LogP contribution in [0.25, 0.3) is 22.6 Å². The van der Waals surface area contributed by atoms with Crippen LogP contribution in [0, 0.1) is 16.0 Å². The van der Waals surface area contributed by atoms with Gasteiger partial charge < -0.3 is 10.4 Å². The summed E-state index contributed by atoms with van der Waals surface area (Å²) in [5.74, 6) is -0.733. The molecule has 0 amide bonds. The standard InChI is InChI=1S/C23H21N3O4/c1-13-9-15(11-14-7-8-19(24-2)20(12-14)26(29)30)22-17(10-13)21(23(27)28)16-5-3-4-6-18(16)25-22/h3-8,11-13,24H,9-10H2,1-2H3,(H,27,28)/b15-11+. The maximum absolute atomic E-state index is 12.1. The van der Waals surface area contributed by atoms with Gasteiger partial charge in [-0.05, 0) is 53.7 Å². The van der Waals surface area contributed by atoms with Gasteiger partial charge in [0, 0.05) is 18.5 Å². The Hall–Kier alpha value is -3.74. The topological polar surface area (TPSA) is 105 Å². The van der Waals surface area contributed by atoms with Crippen molar-refractivity contribution in [2.45, 2.75) is 19.8 Å². The molecule has 1 aliphatic rings. The molecule has 3 aromatic rings. The van der Waals surface area contributed by atoms with Crippen LogP contribution in [0.4, 0.5) is 11.4 Å². The molecule has 1 unspecified atom stereocenters. The largest absolute Gasteiger partial charge is 0.478 e. The number of hydrogen-bond donors (Lipinski definition) is 2. The minimum atomic E-state index is -0.965. The Morgan fingerprint density at radius 3 is 2.73 bits per heavy atom. The molecule has 2 aromatic carbocycles. The van der Waals surface area contributed by atoms with Gasteiger partial charge in [0.2, 0.25) is 0 Å². The van der Waals surface area contributed by atoms with Gasteiger partial charge in [0.05, 0.1) is 21.7 Å². The number of hydrogen-bond acceptors (Lipinski definition) is 5. The number of carboxylic acids is 1. The predicted octanol–water partition coefficient (Wildman–Crippen LogP) is 5.01. The van der Waals surface area contributed by atoms with Crippen LogP contribution in [0.3, 0.4) is 0 Å². The number of aromatic carboxylic acids is 1. The van der Waals surface area contributed by atoms with Gasteiger partial charge in [0.1, 0.15) is 5.69 Å². The summed E-state index contributed by atoms with van der Waals surface area (Å²) < 4.78 is 0. The zero-order valence-electron chi connectivity index (χ0n) is 16.7. The van der Waals surface area contributed by atoms with Crippen LogP contribution < -0.4 is 5.32 Å². The molecule has 1 atom stereocenters. The number of aromatic nitrogens is 1. The van der Waals surface area contributed by atoms with Crippen molar-refractivity contribution in [3.8, 4) is 0 Å². The van der Waals surface area contributed by atoms with Crippen LogP contribution in [0.15, 0.2) is 42.5 Å². The Morgan fingerprint density at radius 1 is 1.27 bits per heavy atom. The Morgan fingerprint density at radius 2 is 2.03 bits per heavy atom. The molecule has 1 aromatic heterocycles. The van der Waals surface area contributed by atoms with Gasteiger partial charge in [0.15, 0.2) is 0 Å². The molecule has 7 nitrogen and oxygen atoms in total. The number of nitrogens with one attached hydrogen (secondary N) is 1. The second-order valence-corrected chi connectivity index (χ2v) is 7.60. The number of rotatable bonds is 4. The van der Waals surface area contributed by atoms with E-state index < -0.39 is 10.9 Å². The number of nitro benzene ring substituents is 1. The molecular formula is C23H21N3O4. The summed E-state index contributed by atoms with van der Waals surface area (Å²) >= 11 is 0. The maximum Gasteiger partial charge on any atom is 0.336 e. The molecule has 0 fully saturated rings. The monoisotopic (exact) mass is 403 g/mol. The third-order valence-electron chi connectivity index (χ3n) is 5.46. The lowest BCUT2D eigenvalue weighted by molar-refractivity contribution is -0.383. The van der Waals surface area contributed by atoms with Gasteiger partial charge in [-0.25, -0.2) is 9.78 Å². The zero-order valence-corrected chi connectivity index (χ0v) is 16.7. The first-order valence-electron chi connectivity index (χ1n) is 9.71. The zero-order chi connectivity index (χ0) is 21.4. The van der Waals surface area contributed by atoms with Crippen LogP contribution >= 0.6 is 0 Å². The van der Waals surface area contributed by atoms with Crippen molar-refractivity contribution in [2.75, 3.05) is 12.4 Å². The summed E-state index contributed by atoms with van der Waals surface area (Å²) in [5.41, 5.74) is 4.34. The normalized spacial score (nSPS) is 17.0. The van der Waals surface area contributed by atoms with E-state index in [2.05, 4.69) is 12.2 Å². The molecular weight excluding hydrogens is 382 g/mol. The number of carboxylic acid groups (broad SMARTS) is 1. The summed E-state index contributed by atoms with van der Waals surface area (Å²) in [7, 11) is 1.64. The first kappa shape index (κ1) is 19.6. The second-order valence-electron chi connectivity index (χ2n) is 7.60. The van der Waals surface area contributed by atoms with E-state index in [0.29, 0.717) is 39.8 Å². The van der Waals surface area contributed by atoms with E-state index in [1.165, 1.54) is 6.07 Å². The Labute approximate surface area is 173 Å². The van der Waals surface area contributed by atoms with Crippen molar-refractivity contribution in [3.05, 3.63) is 75.0 Å². The molecule has 1 heterocycles. The highest BCUT2D eigenvalue weighted by Crippen LogP contribution is 2.39. The number of anilines is 1. The molecule has 30 heavy (non-hydrogen) atoms. The highest BCUT2D eigenvalue weighted by atomic mass is 16.6. The third-order valence-corrected chi connectivity index (χ3v) is 5.46. The molecule has 7 heteroatoms. The van der Waals surface area contributed by atoms with E-state index in [9.17, 15) is 20.0 Å². The van der Waals surface area contributed by atoms with Gasteiger partial charge in [-0.1, -0.05) is 31.2 Å². The molecule has 0 saturated carbocycles. The Kier molecular flexibility index (Phi) is 4.95. The van der Waals surface area contributed by atoms with Crippen LogP contribution in [0.5, 0.6) is 0 Å². The van der Waals surface area contributed by atoms with E-state index in [-0.39, 0.29) is 11.6 Å². The SMILES string of the molecule is CNc1ccc(/C=C2\CC(C)Cc3c2nc2ccccc2c3C(=O)O)cc1[N+](=O)[O-]. The molecule has 2 N–H and O–H groups in total. The molecule has 4 rings (SSSR count). The second kappa shape index (κ2) is 7.59. The molecule has 152 valence electrons. The predicted molar refractivity (Wildman–Crippen MR) is 117 cm³/mol. The quantitative estimate of drug-likeness (QED) is 0.469. The number of nitrogens with zero attached hydrogens (tertiary/aromatic N) is 2. The average Bonchev–Trinajstić information content (AvgIpc) is 2.71. The summed E-state index contributed by atoms with van der Waals surface area (Å²) in [6, 6.07) is 12.3. The van der Waals surface area contributed by atoms with Crippen molar-refractivity contribution in [1.29, 1.82) is 0 Å². The van der Waals surface area contributed by atoms with E-state index >= 15 is 0 Å². The van der Waals surface area contributed by atoms with Crippen molar-refractivity contribution < 1.29 is 14.8 Å². The Bertz CT molecular complexity index is 1220. The van der Waals surface area contributed by atoms with Crippen molar-refractivity contribution in [1.82, 2.24) is 4.98 Å². The summed E-state index contributed by atoms with van der Waals surface area (Å²) in [5, 5.41) is 24.8. The number of pyridine rings is 1. The first-order valence-corrected chi connectivity index (χ1v) is 9.71. The summed E-state index contributed by atoms with van der Waals surface area (Å²) in [4.78, 5) is 27.9. The van der Waals surface area contributed by atoms with Crippen molar-refractivity contribution in [2.24, 2.45) is 5.92 Å². The van der Waals surface area contributed by atoms with E-state index in [1.807, 2.05) is 30.3 Å². The Balaban J connectivity index is 1.94. The lowest BCUT2D eigenvalue weighted by atomic mass is 9.80. The number of allylic oxidation sites excluding steroid dienone is 1. The first-order chi connectivity index (χ1) is 14.4. The fraction of sp³-hybridized carbons (Fsp3) is 0.217. The van der Waals surface area contributed by atoms with E-state index in [1.54, 1.807) is 19.2 Å². The van der Waals surface area contributed by atoms with Crippen LogP contribution in [-0.2, 0) is 6.42 Å². The smallest absolute Gasteiger partial charge is 0.336 e. The molecule has 0 bridgehead atoms. The molecule has 1 aliphatic carbocycles.